The van der Waals surface area contributed by atoms with Gasteiger partial charge in [0.15, 0.2) is 0 Å². The Balaban J connectivity index is 1.55. The number of carboxylic acid groups (broad SMARTS) is 1. The van der Waals surface area contributed by atoms with Gasteiger partial charge in [-0.2, -0.15) is 0 Å². The Morgan fingerprint density at radius 2 is 1.03 bits per heavy atom. The molecule has 0 unspecified atom stereocenters. The third-order valence-corrected chi connectivity index (χ3v) is 6.46. The van der Waals surface area contributed by atoms with Crippen molar-refractivity contribution in [1.29, 1.82) is 0 Å². The standard InChI is InChI=1S/C33H26O3/c34-32-28(22-27-16-8-10-18-30(27)25-13-5-2-6-14-25)20-23(21-31(32)33(35)36)19-26-15-7-9-17-29(26)24-11-3-1-4-12-24/h1-18,20-21,34H,19,22H2,(H,35,36). The Bertz CT molecular complexity index is 1510. The monoisotopic (exact) mass is 470 g/mol. The number of rotatable bonds is 7. The van der Waals surface area contributed by atoms with Crippen LogP contribution in [0, 0.1) is 0 Å². The normalized spacial score (nSPS) is 10.8. The maximum absolute atomic E-state index is 12.0. The van der Waals surface area contributed by atoms with Gasteiger partial charge in [0.05, 0.1) is 0 Å². The third kappa shape index (κ3) is 4.91. The topological polar surface area (TPSA) is 57.5 Å². The Labute approximate surface area is 211 Å². The van der Waals surface area contributed by atoms with E-state index in [-0.39, 0.29) is 11.3 Å². The zero-order valence-electron chi connectivity index (χ0n) is 19.8. The lowest BCUT2D eigenvalue weighted by molar-refractivity contribution is 0.0693. The number of carboxylic acids is 1. The van der Waals surface area contributed by atoms with Crippen LogP contribution in [0.2, 0.25) is 0 Å². The van der Waals surface area contributed by atoms with Crippen LogP contribution in [0.4, 0.5) is 0 Å². The molecule has 36 heavy (non-hydrogen) atoms. The second-order valence-corrected chi connectivity index (χ2v) is 8.86. The Morgan fingerprint density at radius 3 is 1.56 bits per heavy atom. The molecule has 0 fully saturated rings. The lowest BCUT2D eigenvalue weighted by Gasteiger charge is -2.15. The van der Waals surface area contributed by atoms with Gasteiger partial charge in [-0.15, -0.1) is 0 Å². The van der Waals surface area contributed by atoms with Crippen LogP contribution in [0.25, 0.3) is 22.3 Å². The van der Waals surface area contributed by atoms with Crippen LogP contribution >= 0.6 is 0 Å². The molecule has 3 heteroatoms. The molecular weight excluding hydrogens is 444 g/mol. The highest BCUT2D eigenvalue weighted by Crippen LogP contribution is 2.33. The quantitative estimate of drug-likeness (QED) is 0.257. The molecule has 2 N–H and O–H groups in total. The smallest absolute Gasteiger partial charge is 0.339 e. The molecule has 5 aromatic rings. The minimum Gasteiger partial charge on any atom is -0.507 e. The summed E-state index contributed by atoms with van der Waals surface area (Å²) in [6.45, 7) is 0. The van der Waals surface area contributed by atoms with Gasteiger partial charge in [-0.25, -0.2) is 4.79 Å². The first-order valence-corrected chi connectivity index (χ1v) is 11.9. The molecule has 0 heterocycles. The van der Waals surface area contributed by atoms with Crippen LogP contribution in [-0.4, -0.2) is 16.2 Å². The SMILES string of the molecule is O=C(O)c1cc(Cc2ccccc2-c2ccccc2)cc(Cc2ccccc2-c2ccccc2)c1O. The Hall–Kier alpha value is -4.63. The molecule has 0 saturated carbocycles. The van der Waals surface area contributed by atoms with Crippen molar-refractivity contribution in [3.8, 4) is 28.0 Å². The van der Waals surface area contributed by atoms with Gasteiger partial charge in [-0.05, 0) is 57.0 Å². The van der Waals surface area contributed by atoms with Crippen LogP contribution in [0.3, 0.4) is 0 Å². The summed E-state index contributed by atoms with van der Waals surface area (Å²) in [5, 5.41) is 20.8. The van der Waals surface area contributed by atoms with Crippen molar-refractivity contribution in [1.82, 2.24) is 0 Å². The van der Waals surface area contributed by atoms with E-state index < -0.39 is 5.97 Å². The molecule has 0 amide bonds. The number of hydrogen-bond donors (Lipinski definition) is 2. The molecule has 0 bridgehead atoms. The van der Waals surface area contributed by atoms with Gasteiger partial charge in [0.25, 0.3) is 0 Å². The molecule has 0 aliphatic heterocycles. The zero-order chi connectivity index (χ0) is 24.9. The molecule has 5 aromatic carbocycles. The number of carbonyl (C=O) groups is 1. The van der Waals surface area contributed by atoms with E-state index in [1.807, 2.05) is 72.8 Å². The van der Waals surface area contributed by atoms with Crippen molar-refractivity contribution in [2.75, 3.05) is 0 Å². The maximum atomic E-state index is 12.0. The third-order valence-electron chi connectivity index (χ3n) is 6.46. The minimum absolute atomic E-state index is 0.0723. The van der Waals surface area contributed by atoms with Crippen LogP contribution < -0.4 is 0 Å². The Kier molecular flexibility index (Phi) is 6.63. The van der Waals surface area contributed by atoms with Crippen molar-refractivity contribution < 1.29 is 15.0 Å². The first kappa shape index (κ1) is 23.1. The van der Waals surface area contributed by atoms with Gasteiger partial charge < -0.3 is 10.2 Å². The maximum Gasteiger partial charge on any atom is 0.339 e. The molecule has 0 spiro atoms. The molecule has 0 aliphatic rings. The molecule has 0 radical (unpaired) electrons. The first-order valence-electron chi connectivity index (χ1n) is 11.9. The molecule has 0 aromatic heterocycles. The van der Waals surface area contributed by atoms with Crippen molar-refractivity contribution >= 4 is 5.97 Å². The largest absolute Gasteiger partial charge is 0.507 e. The zero-order valence-corrected chi connectivity index (χ0v) is 19.8. The molecule has 0 aliphatic carbocycles. The fourth-order valence-corrected chi connectivity index (χ4v) is 4.73. The van der Waals surface area contributed by atoms with Crippen molar-refractivity contribution in [3.05, 3.63) is 149 Å². The van der Waals surface area contributed by atoms with E-state index in [0.29, 0.717) is 18.4 Å². The average molecular weight is 471 g/mol. The number of aromatic hydroxyl groups is 1. The number of benzene rings is 5. The summed E-state index contributed by atoms with van der Waals surface area (Å²) < 4.78 is 0. The first-order chi connectivity index (χ1) is 17.6. The minimum atomic E-state index is -1.14. The van der Waals surface area contributed by atoms with Gasteiger partial charge in [-0.3, -0.25) is 0 Å². The van der Waals surface area contributed by atoms with Gasteiger partial charge in [0.2, 0.25) is 0 Å². The molecule has 0 atom stereocenters. The molecule has 0 saturated heterocycles. The lowest BCUT2D eigenvalue weighted by atomic mass is 9.90. The number of aromatic carboxylic acids is 1. The summed E-state index contributed by atoms with van der Waals surface area (Å²) in [5.74, 6) is -1.31. The number of hydrogen-bond acceptors (Lipinski definition) is 2. The van der Waals surface area contributed by atoms with E-state index >= 15 is 0 Å². The summed E-state index contributed by atoms with van der Waals surface area (Å²) in [6.07, 6.45) is 0.977. The summed E-state index contributed by atoms with van der Waals surface area (Å²) >= 11 is 0. The lowest BCUT2D eigenvalue weighted by Crippen LogP contribution is -2.04. The second-order valence-electron chi connectivity index (χ2n) is 8.86. The van der Waals surface area contributed by atoms with Crippen LogP contribution in [0.5, 0.6) is 5.75 Å². The number of phenols is 1. The molecule has 5 rings (SSSR count). The molecule has 3 nitrogen and oxygen atoms in total. The van der Waals surface area contributed by atoms with Crippen molar-refractivity contribution in [2.24, 2.45) is 0 Å². The van der Waals surface area contributed by atoms with E-state index in [4.69, 9.17) is 0 Å². The highest BCUT2D eigenvalue weighted by atomic mass is 16.4. The second kappa shape index (κ2) is 10.3. The fraction of sp³-hybridized carbons (Fsp3) is 0.0606. The van der Waals surface area contributed by atoms with Crippen molar-refractivity contribution in [2.45, 2.75) is 12.8 Å². The predicted octanol–water partition coefficient (Wildman–Crippen LogP) is 7.61. The van der Waals surface area contributed by atoms with Gasteiger partial charge >= 0.3 is 5.97 Å². The van der Waals surface area contributed by atoms with Gasteiger partial charge in [-0.1, -0.05) is 115 Å². The highest BCUT2D eigenvalue weighted by molar-refractivity contribution is 5.91. The van der Waals surface area contributed by atoms with E-state index in [1.165, 1.54) is 0 Å². The summed E-state index contributed by atoms with van der Waals surface area (Å²) in [7, 11) is 0. The fourth-order valence-electron chi connectivity index (χ4n) is 4.73. The average Bonchev–Trinajstić information content (AvgIpc) is 2.92. The predicted molar refractivity (Wildman–Crippen MR) is 144 cm³/mol. The van der Waals surface area contributed by atoms with Gasteiger partial charge in [0, 0.05) is 6.42 Å². The van der Waals surface area contributed by atoms with E-state index in [2.05, 4.69) is 42.5 Å². The molecule has 176 valence electrons. The van der Waals surface area contributed by atoms with Crippen LogP contribution in [-0.2, 0) is 12.8 Å². The Morgan fingerprint density at radius 1 is 0.556 bits per heavy atom. The summed E-state index contributed by atoms with van der Waals surface area (Å²) in [4.78, 5) is 12.0. The van der Waals surface area contributed by atoms with E-state index in [0.717, 1.165) is 38.9 Å². The van der Waals surface area contributed by atoms with Gasteiger partial charge in [0.1, 0.15) is 11.3 Å². The summed E-state index contributed by atoms with van der Waals surface area (Å²) in [6, 6.07) is 40.0. The van der Waals surface area contributed by atoms with Crippen LogP contribution in [0.1, 0.15) is 32.6 Å². The van der Waals surface area contributed by atoms with E-state index in [1.54, 1.807) is 6.07 Å². The van der Waals surface area contributed by atoms with E-state index in [9.17, 15) is 15.0 Å². The van der Waals surface area contributed by atoms with Crippen molar-refractivity contribution in [3.63, 3.8) is 0 Å². The highest BCUT2D eigenvalue weighted by Gasteiger charge is 2.18. The van der Waals surface area contributed by atoms with Crippen LogP contribution in [0.15, 0.2) is 121 Å². The summed E-state index contributed by atoms with van der Waals surface area (Å²) in [5.41, 5.74) is 7.87. The molecular formula is C33H26O3.